The highest BCUT2D eigenvalue weighted by molar-refractivity contribution is 6.01. The Balaban J connectivity index is 2.63. The van der Waals surface area contributed by atoms with E-state index < -0.39 is 230 Å². The monoisotopic (exact) mass is 1850 g/mol. The molecule has 131 heavy (non-hydrogen) atoms. The van der Waals surface area contributed by atoms with Gasteiger partial charge in [0.2, 0.25) is 35.4 Å². The van der Waals surface area contributed by atoms with E-state index in [-0.39, 0.29) is 107 Å². The molecule has 0 saturated carbocycles. The molecule has 1 unspecified atom stereocenters. The zero-order valence-corrected chi connectivity index (χ0v) is 75.1. The molecule has 1 aliphatic rings. The maximum atomic E-state index is 15.7. The van der Waals surface area contributed by atoms with Crippen molar-refractivity contribution in [3.63, 3.8) is 0 Å². The van der Waals surface area contributed by atoms with Crippen LogP contribution in [0.1, 0.15) is 183 Å². The summed E-state index contributed by atoms with van der Waals surface area (Å²) in [6, 6.07) is -5.08. The predicted octanol–water partition coefficient (Wildman–Crippen LogP) is -7.74. The van der Waals surface area contributed by atoms with Crippen LogP contribution in [-0.2, 0) is 112 Å². The third-order valence-corrected chi connectivity index (χ3v) is 20.5. The van der Waals surface area contributed by atoms with E-state index in [9.17, 15) is 71.9 Å². The van der Waals surface area contributed by atoms with Gasteiger partial charge in [0.15, 0.2) is 55.3 Å². The van der Waals surface area contributed by atoms with Gasteiger partial charge in [0, 0.05) is 49.8 Å². The Hall–Kier alpha value is -12.6. The summed E-state index contributed by atoms with van der Waals surface area (Å²) in [5.41, 5.74) is 24.2. The highest BCUT2D eigenvalue weighted by Crippen LogP contribution is 2.22. The number of fused-ring (bicyclic) bond motifs is 1. The molecule has 0 saturated heterocycles. The lowest BCUT2D eigenvalue weighted by atomic mass is 9.92. The highest BCUT2D eigenvalue weighted by Gasteiger charge is 2.44. The van der Waals surface area contributed by atoms with Crippen LogP contribution >= 0.6 is 0 Å². The van der Waals surface area contributed by atoms with Gasteiger partial charge in [-0.05, 0) is 127 Å². The summed E-state index contributed by atoms with van der Waals surface area (Å²) < 4.78 is 0. The first-order valence-corrected chi connectivity index (χ1v) is 43.1. The van der Waals surface area contributed by atoms with Gasteiger partial charge in [-0.25, -0.2) is 0 Å². The molecule has 31 N–H and O–H groups in total. The number of aromatic nitrogens is 1. The molecule has 1 aromatic heterocycles. The van der Waals surface area contributed by atoms with Gasteiger partial charge >= 0.3 is 0 Å². The van der Waals surface area contributed by atoms with Crippen LogP contribution in [0.4, 0.5) is 0 Å². The van der Waals surface area contributed by atoms with Gasteiger partial charge < -0.3 is 130 Å². The van der Waals surface area contributed by atoms with Crippen molar-refractivity contribution in [2.45, 2.75) is 293 Å². The van der Waals surface area contributed by atoms with Gasteiger partial charge in [0.1, 0.15) is 61.4 Å². The second-order valence-corrected chi connectivity index (χ2v) is 33.6. The zero-order valence-electron chi connectivity index (χ0n) is 75.1. The number of hydrogen-bond donors (Lipinski definition) is 26. The number of amides is 14. The van der Waals surface area contributed by atoms with Crippen LogP contribution in [-0.4, -0.2) is 259 Å². The molecular formula is C83H132N26O22. The Labute approximate surface area is 757 Å². The fourth-order valence-electron chi connectivity index (χ4n) is 13.9. The largest absolute Gasteiger partial charge is 0.370 e. The highest BCUT2D eigenvalue weighted by atomic mass is 16.2. The van der Waals surface area contributed by atoms with E-state index in [0.717, 1.165) is 13.8 Å². The second-order valence-electron chi connectivity index (χ2n) is 33.6. The minimum atomic E-state index is -2.35. The molecule has 726 valence electrons. The number of benzene rings is 1. The molecule has 0 fully saturated rings. The van der Waals surface area contributed by atoms with Crippen molar-refractivity contribution in [1.29, 1.82) is 5.41 Å². The van der Waals surface area contributed by atoms with Crippen LogP contribution < -0.4 is 130 Å². The Bertz CT molecular complexity index is 4280. The number of hydrogen-bond acceptors (Lipinski definition) is 31. The fourth-order valence-corrected chi connectivity index (χ4v) is 13.9. The van der Waals surface area contributed by atoms with E-state index in [1.807, 2.05) is 0 Å². The van der Waals surface area contributed by atoms with Gasteiger partial charge in [-0.1, -0.05) is 91.2 Å². The fraction of sp³-hybridized carbons (Fsp3) is 0.602. The van der Waals surface area contributed by atoms with E-state index in [4.69, 9.17) is 34.1 Å². The predicted molar refractivity (Wildman–Crippen MR) is 474 cm³/mol. The molecular weight excluding hydrogens is 1710 g/mol. The van der Waals surface area contributed by atoms with Crippen molar-refractivity contribution in [1.82, 2.24) is 106 Å². The third kappa shape index (κ3) is 41.8. The lowest BCUT2D eigenvalue weighted by Crippen LogP contribution is -2.71. The average molecular weight is 1850 g/mol. The van der Waals surface area contributed by atoms with Gasteiger partial charge in [0.05, 0.1) is 48.3 Å². The zero-order chi connectivity index (χ0) is 98.3. The summed E-state index contributed by atoms with van der Waals surface area (Å²) in [5.74, 6) is -19.0. The number of rotatable bonds is 49. The van der Waals surface area contributed by atoms with E-state index in [1.54, 1.807) is 84.2 Å². The normalized spacial score (nSPS) is 22.5. The maximum Gasteiger partial charge on any atom is 0.259 e. The molecule has 1 aliphatic heterocycles. The first-order valence-electron chi connectivity index (χ1n) is 43.1. The Kier molecular flexibility index (Phi) is 50.0. The van der Waals surface area contributed by atoms with E-state index in [1.165, 1.54) is 6.92 Å². The quantitative estimate of drug-likeness (QED) is 0.00731. The number of para-hydroxylation sites is 1. The molecule has 3 rings (SSSR count). The van der Waals surface area contributed by atoms with E-state index >= 15 is 33.6 Å². The summed E-state index contributed by atoms with van der Waals surface area (Å²) in [5, 5.41) is 56.1. The number of primary amides is 4. The van der Waals surface area contributed by atoms with Crippen LogP contribution in [0.25, 0.3) is 10.9 Å². The number of allylic oxidation sites excluding steroid dienone is 2. The summed E-state index contributed by atoms with van der Waals surface area (Å²) in [7, 11) is 0. The van der Waals surface area contributed by atoms with Crippen molar-refractivity contribution in [2.24, 2.45) is 46.4 Å². The molecule has 0 aliphatic carbocycles. The number of aldehydes is 8. The van der Waals surface area contributed by atoms with Crippen molar-refractivity contribution in [2.75, 3.05) is 6.54 Å². The van der Waals surface area contributed by atoms with Crippen molar-refractivity contribution in [3.05, 3.63) is 48.2 Å². The number of nitrogens with two attached hydrogens (primary N) is 5. The second kappa shape index (κ2) is 58.1. The lowest BCUT2D eigenvalue weighted by Gasteiger charge is -2.35. The minimum absolute atomic E-state index is 0.0111. The summed E-state index contributed by atoms with van der Waals surface area (Å²) in [6.07, 6.45) is -12.0. The molecule has 14 amide bonds. The molecule has 2 heterocycles. The van der Waals surface area contributed by atoms with Crippen LogP contribution in [0.15, 0.2) is 42.6 Å². The number of carbonyl (C=O) groups excluding carboxylic acids is 22. The Morgan fingerprint density at radius 2 is 0.908 bits per heavy atom. The minimum Gasteiger partial charge on any atom is -0.370 e. The summed E-state index contributed by atoms with van der Waals surface area (Å²) >= 11 is 0. The SMILES string of the molecule is CC(=O)N[C@]1(C)CCCCCC/C=C/CCC[C@@](C)(C(=O)NC(N[C@@H](C=O)CCC(N)=O)C(=O)N[C@@H](N[C@@H](C=O)CC(N)=O)C(N)=O)NC(=O)[C@H](N[C@@H](C=O)CC(C)C)NC(=O)[C@H](N[C@@H](C=O)CC(C)C)NC(=O)[C@H](N[C@@H](C=O)CCCNC(=N)N)NC(=O)[C@H](N[C@@H](C=O)Cc2c[nH]c3ccccc23)NC(=O)[C@H](N[C@@H](C=O)CC(C)C)NC(=O)[C@H](N[C@@H](C=O)CC(N)=O)NC1=O. The van der Waals surface area contributed by atoms with E-state index in [0.29, 0.717) is 73.6 Å². The van der Waals surface area contributed by atoms with E-state index in [2.05, 4.69) is 106 Å². The van der Waals surface area contributed by atoms with Crippen LogP contribution in [0, 0.1) is 23.2 Å². The first kappa shape index (κ1) is 113. The molecule has 1 aromatic carbocycles. The maximum absolute atomic E-state index is 15.7. The molecule has 48 nitrogen and oxygen atoms in total. The lowest BCUT2D eigenvalue weighted by molar-refractivity contribution is -0.140. The topological polar surface area (TPSA) is 774 Å². The molecule has 2 aromatic rings. The first-order chi connectivity index (χ1) is 61.9. The number of aromatic amines is 1. The van der Waals surface area contributed by atoms with Gasteiger partial charge in [-0.15, -0.1) is 0 Å². The molecule has 18 atom stereocenters. The third-order valence-electron chi connectivity index (χ3n) is 20.5. The molecule has 0 bridgehead atoms. The van der Waals surface area contributed by atoms with Gasteiger partial charge in [0.25, 0.3) is 47.3 Å². The van der Waals surface area contributed by atoms with Crippen molar-refractivity contribution >= 4 is 150 Å². The van der Waals surface area contributed by atoms with Gasteiger partial charge in [-0.2, -0.15) is 0 Å². The summed E-state index contributed by atoms with van der Waals surface area (Å²) in [6.45, 7) is 13.7. The van der Waals surface area contributed by atoms with Gasteiger partial charge in [-0.3, -0.25) is 115 Å². The number of carbonyl (C=O) groups is 22. The van der Waals surface area contributed by atoms with Crippen LogP contribution in [0.3, 0.4) is 0 Å². The van der Waals surface area contributed by atoms with Crippen molar-refractivity contribution < 1.29 is 105 Å². The standard InChI is InChI=1S/C83H132N26O22/c1-45(2)30-52(39-112)95-66-73(124)103-68(98-55(42-115)33-49-36-91-59-24-18-17-23-58(49)59)74(125)101-65(92-50(37-110)22-21-29-90-81(88)89)72(123)102-67(96-53(40-113)31-46(3)4)75(126)105-71(97-54(41-114)32-47(5)6)78(129)109-83(9,80(131)106-69(93-51(38-111)25-26-60(84)119)76(127)100-64(63(87)122)94-56(43-116)34-61(85)120)28-20-16-14-12-10-11-13-15-19-27-82(8,108-48(7)118)79(130)107-70(77(128)104-66)99-57(44-117)35-62(86)121/h12,14,17-18,23-24,36-47,50-57,64-71,91-99H,10-11,13,15-16,19-22,25-35H2,1-9H3,(H2,84,119)(H2,85,120)(H2,86,121)(H2,87,122)(H,100,127)(H,101,125)(H,102,123)(H,103,124)(H,104,128)(H,105,126)(H,106,131)(H,107,130)(H,108,118)(H,109,129)(H4,88,89,90)/b14-12+/t50-,51-,52-,53-,54-,55-,56-,57-,64-,65-,66-,67-,68-,69?,70-,71-,82-,83+/m1/s1. The molecule has 48 heteroatoms. The number of nitrogens with one attached hydrogen (secondary N) is 21. The molecule has 0 spiro atoms. The smallest absolute Gasteiger partial charge is 0.259 e. The Morgan fingerprint density at radius 3 is 1.36 bits per heavy atom. The number of H-pyrrole nitrogens is 1. The molecule has 0 radical (unpaired) electrons. The Morgan fingerprint density at radius 1 is 0.481 bits per heavy atom. The van der Waals surface area contributed by atoms with Crippen molar-refractivity contribution in [3.8, 4) is 0 Å². The summed E-state index contributed by atoms with van der Waals surface area (Å²) in [4.78, 5) is 307. The van der Waals surface area contributed by atoms with Crippen LogP contribution in [0.5, 0.6) is 0 Å². The average Bonchev–Trinajstić information content (AvgIpc) is 1.72. The van der Waals surface area contributed by atoms with Crippen LogP contribution in [0.2, 0.25) is 0 Å². The number of guanidine groups is 1.